The third kappa shape index (κ3) is 5.76. The second-order valence-corrected chi connectivity index (χ2v) is 5.89. The summed E-state index contributed by atoms with van der Waals surface area (Å²) in [6, 6.07) is 0.432. The summed E-state index contributed by atoms with van der Waals surface area (Å²) in [5, 5.41) is 15.3. The van der Waals surface area contributed by atoms with Crippen LogP contribution >= 0.6 is 0 Å². The first-order valence-electron chi connectivity index (χ1n) is 6.97. The summed E-state index contributed by atoms with van der Waals surface area (Å²) >= 11 is 0. The molecular formula is C13H28N4O2. The molecule has 1 aliphatic rings. The van der Waals surface area contributed by atoms with Gasteiger partial charge < -0.3 is 21.0 Å². The number of amidine groups is 1. The number of nitrogens with one attached hydrogen (secondary N) is 1. The number of rotatable bonds is 7. The van der Waals surface area contributed by atoms with Crippen molar-refractivity contribution in [2.45, 2.75) is 33.2 Å². The largest absolute Gasteiger partial charge is 0.409 e. The van der Waals surface area contributed by atoms with E-state index >= 15 is 0 Å². The lowest BCUT2D eigenvalue weighted by Crippen LogP contribution is -2.45. The topological polar surface area (TPSA) is 83.1 Å². The zero-order valence-corrected chi connectivity index (χ0v) is 12.4. The van der Waals surface area contributed by atoms with Gasteiger partial charge in [-0.1, -0.05) is 19.0 Å². The molecule has 1 atom stereocenters. The van der Waals surface area contributed by atoms with E-state index < -0.39 is 0 Å². The molecular weight excluding hydrogens is 244 g/mol. The van der Waals surface area contributed by atoms with Gasteiger partial charge in [0.05, 0.1) is 13.2 Å². The van der Waals surface area contributed by atoms with Crippen LogP contribution in [-0.4, -0.2) is 61.4 Å². The van der Waals surface area contributed by atoms with Crippen LogP contribution in [0.4, 0.5) is 0 Å². The second kappa shape index (κ2) is 7.67. The van der Waals surface area contributed by atoms with Crippen LogP contribution in [0.3, 0.4) is 0 Å². The van der Waals surface area contributed by atoms with E-state index in [9.17, 15) is 0 Å². The summed E-state index contributed by atoms with van der Waals surface area (Å²) in [6.07, 6.45) is 0.844. The molecule has 0 aromatic carbocycles. The molecule has 6 nitrogen and oxygen atoms in total. The molecule has 0 saturated carbocycles. The lowest BCUT2D eigenvalue weighted by molar-refractivity contribution is 0.0343. The van der Waals surface area contributed by atoms with Crippen molar-refractivity contribution in [1.29, 1.82) is 0 Å². The van der Waals surface area contributed by atoms with Crippen LogP contribution in [0.25, 0.3) is 0 Å². The highest BCUT2D eigenvalue weighted by molar-refractivity contribution is 5.85. The van der Waals surface area contributed by atoms with Crippen molar-refractivity contribution in [3.05, 3.63) is 0 Å². The molecule has 19 heavy (non-hydrogen) atoms. The van der Waals surface area contributed by atoms with Gasteiger partial charge >= 0.3 is 0 Å². The fourth-order valence-electron chi connectivity index (χ4n) is 2.13. The van der Waals surface area contributed by atoms with Crippen LogP contribution < -0.4 is 11.1 Å². The third-order valence-corrected chi connectivity index (χ3v) is 3.68. The molecule has 1 saturated heterocycles. The molecule has 0 spiro atoms. The summed E-state index contributed by atoms with van der Waals surface area (Å²) in [7, 11) is 0. The molecule has 1 aliphatic heterocycles. The van der Waals surface area contributed by atoms with Gasteiger partial charge in [0.1, 0.15) is 5.84 Å². The Morgan fingerprint density at radius 1 is 1.47 bits per heavy atom. The first kappa shape index (κ1) is 16.2. The van der Waals surface area contributed by atoms with Gasteiger partial charge in [0.25, 0.3) is 0 Å². The molecule has 0 bridgehead atoms. The number of ether oxygens (including phenoxy) is 1. The van der Waals surface area contributed by atoms with E-state index in [1.807, 2.05) is 13.8 Å². The van der Waals surface area contributed by atoms with Crippen LogP contribution in [0.2, 0.25) is 0 Å². The maximum atomic E-state index is 8.72. The Morgan fingerprint density at radius 3 is 2.68 bits per heavy atom. The number of hydrogen-bond acceptors (Lipinski definition) is 5. The highest BCUT2D eigenvalue weighted by Gasteiger charge is 2.23. The maximum Gasteiger partial charge on any atom is 0.144 e. The predicted molar refractivity (Wildman–Crippen MR) is 76.5 cm³/mol. The van der Waals surface area contributed by atoms with Crippen LogP contribution in [-0.2, 0) is 4.74 Å². The Kier molecular flexibility index (Phi) is 6.54. The van der Waals surface area contributed by atoms with Gasteiger partial charge in [-0.2, -0.15) is 0 Å². The Labute approximate surface area is 116 Å². The highest BCUT2D eigenvalue weighted by atomic mass is 16.5. The summed E-state index contributed by atoms with van der Waals surface area (Å²) in [5.74, 6) is 0.287. The molecule has 0 aliphatic carbocycles. The predicted octanol–water partition coefficient (Wildman–Crippen LogP) is 0.459. The number of nitrogens with zero attached hydrogens (tertiary/aromatic N) is 2. The Hall–Kier alpha value is -0.850. The zero-order valence-electron chi connectivity index (χ0n) is 12.4. The molecule has 1 heterocycles. The first-order chi connectivity index (χ1) is 8.95. The Bertz CT molecular complexity index is 288. The van der Waals surface area contributed by atoms with Gasteiger partial charge in [-0.05, 0) is 19.9 Å². The van der Waals surface area contributed by atoms with Crippen molar-refractivity contribution in [3.8, 4) is 0 Å². The number of nitrogens with two attached hydrogens (primary N) is 1. The summed E-state index contributed by atoms with van der Waals surface area (Å²) in [6.45, 7) is 11.7. The van der Waals surface area contributed by atoms with Gasteiger partial charge in [-0.15, -0.1) is 0 Å². The average Bonchev–Trinajstić information content (AvgIpc) is 2.38. The number of oxime groups is 1. The van der Waals surface area contributed by atoms with Crippen LogP contribution in [0.5, 0.6) is 0 Å². The van der Waals surface area contributed by atoms with E-state index in [0.29, 0.717) is 6.04 Å². The maximum absolute atomic E-state index is 8.72. The third-order valence-electron chi connectivity index (χ3n) is 3.68. The van der Waals surface area contributed by atoms with Crippen molar-refractivity contribution in [3.63, 3.8) is 0 Å². The van der Waals surface area contributed by atoms with E-state index in [4.69, 9.17) is 15.7 Å². The van der Waals surface area contributed by atoms with Gasteiger partial charge in [0.2, 0.25) is 0 Å². The van der Waals surface area contributed by atoms with Crippen LogP contribution in [0, 0.1) is 5.41 Å². The normalized spacial score (nSPS) is 20.5. The zero-order chi connectivity index (χ0) is 14.3. The standard InChI is InChI=1S/C13H28N4O2/c1-11(10-17-6-8-19-9-7-17)15-5-4-13(2,3)12(14)16-18/h11,15,18H,4-10H2,1-3H3,(H2,14,16). The minimum atomic E-state index is -0.277. The molecule has 0 radical (unpaired) electrons. The van der Waals surface area contributed by atoms with E-state index in [0.717, 1.165) is 45.8 Å². The van der Waals surface area contributed by atoms with Gasteiger partial charge in [0, 0.05) is 31.1 Å². The monoisotopic (exact) mass is 272 g/mol. The highest BCUT2D eigenvalue weighted by Crippen LogP contribution is 2.19. The lowest BCUT2D eigenvalue weighted by atomic mass is 9.88. The quantitative estimate of drug-likeness (QED) is 0.271. The summed E-state index contributed by atoms with van der Waals surface area (Å²) < 4.78 is 5.33. The molecule has 1 unspecified atom stereocenters. The minimum Gasteiger partial charge on any atom is -0.409 e. The Morgan fingerprint density at radius 2 is 2.11 bits per heavy atom. The molecule has 112 valence electrons. The van der Waals surface area contributed by atoms with Crippen LogP contribution in [0.15, 0.2) is 5.16 Å². The van der Waals surface area contributed by atoms with E-state index in [1.54, 1.807) is 0 Å². The lowest BCUT2D eigenvalue weighted by Gasteiger charge is -2.30. The van der Waals surface area contributed by atoms with E-state index in [2.05, 4.69) is 22.3 Å². The summed E-state index contributed by atoms with van der Waals surface area (Å²) in [4.78, 5) is 2.41. The molecule has 6 heteroatoms. The molecule has 0 aromatic rings. The molecule has 1 fully saturated rings. The first-order valence-corrected chi connectivity index (χ1v) is 6.97. The number of hydrogen-bond donors (Lipinski definition) is 3. The molecule has 0 amide bonds. The Balaban J connectivity index is 2.21. The fraction of sp³-hybridized carbons (Fsp3) is 0.923. The molecule has 0 aromatic heterocycles. The van der Waals surface area contributed by atoms with Gasteiger partial charge in [-0.25, -0.2) is 0 Å². The van der Waals surface area contributed by atoms with Crippen molar-refractivity contribution >= 4 is 5.84 Å². The fourth-order valence-corrected chi connectivity index (χ4v) is 2.13. The molecule has 1 rings (SSSR count). The minimum absolute atomic E-state index is 0.277. The smallest absolute Gasteiger partial charge is 0.144 e. The van der Waals surface area contributed by atoms with Crippen molar-refractivity contribution < 1.29 is 9.94 Å². The van der Waals surface area contributed by atoms with E-state index in [1.165, 1.54) is 0 Å². The van der Waals surface area contributed by atoms with Crippen molar-refractivity contribution in [2.24, 2.45) is 16.3 Å². The molecule has 4 N–H and O–H groups in total. The SMILES string of the molecule is CC(CN1CCOCC1)NCCC(C)(C)C(N)=NO. The van der Waals surface area contributed by atoms with Crippen molar-refractivity contribution in [1.82, 2.24) is 10.2 Å². The summed E-state index contributed by atoms with van der Waals surface area (Å²) in [5.41, 5.74) is 5.39. The number of morpholine rings is 1. The van der Waals surface area contributed by atoms with Gasteiger partial charge in [0.15, 0.2) is 0 Å². The van der Waals surface area contributed by atoms with Gasteiger partial charge in [-0.3, -0.25) is 4.90 Å². The van der Waals surface area contributed by atoms with Crippen molar-refractivity contribution in [2.75, 3.05) is 39.4 Å². The van der Waals surface area contributed by atoms with Crippen LogP contribution in [0.1, 0.15) is 27.2 Å². The van der Waals surface area contributed by atoms with E-state index in [-0.39, 0.29) is 11.3 Å². The second-order valence-electron chi connectivity index (χ2n) is 5.89. The average molecular weight is 272 g/mol.